The third-order valence-corrected chi connectivity index (χ3v) is 3.66. The highest BCUT2D eigenvalue weighted by Crippen LogP contribution is 2.36. The van der Waals surface area contributed by atoms with E-state index in [2.05, 4.69) is 5.32 Å². The Kier molecular flexibility index (Phi) is 2.65. The van der Waals surface area contributed by atoms with E-state index in [0.29, 0.717) is 26.1 Å². The molecule has 2 fully saturated rings. The van der Waals surface area contributed by atoms with Crippen LogP contribution in [0.1, 0.15) is 18.4 Å². The fraction of sp³-hybridized carbons (Fsp3) is 0.538. The Labute approximate surface area is 99.6 Å². The molecule has 92 valence electrons. The van der Waals surface area contributed by atoms with Crippen LogP contribution < -0.4 is 5.32 Å². The second-order valence-electron chi connectivity index (χ2n) is 5.04. The second kappa shape index (κ2) is 4.05. The molecule has 1 aromatic rings. The minimum atomic E-state index is -0.849. The molecular weight excluding hydrogens is 221 g/mol. The number of benzene rings is 1. The first-order chi connectivity index (χ1) is 8.16. The average Bonchev–Trinajstić information content (AvgIpc) is 2.29. The van der Waals surface area contributed by atoms with Gasteiger partial charge in [-0.15, -0.1) is 0 Å². The van der Waals surface area contributed by atoms with Crippen LogP contribution in [0.3, 0.4) is 0 Å². The minimum Gasteiger partial charge on any atom is -0.385 e. The summed E-state index contributed by atoms with van der Waals surface area (Å²) in [5, 5.41) is 14.2. The van der Waals surface area contributed by atoms with Crippen molar-refractivity contribution in [1.82, 2.24) is 5.32 Å². The Balaban J connectivity index is 1.87. The maximum Gasteiger partial charge on any atom is 0.123 e. The van der Waals surface area contributed by atoms with Crippen LogP contribution in [0.5, 0.6) is 0 Å². The van der Waals surface area contributed by atoms with Gasteiger partial charge >= 0.3 is 0 Å². The molecule has 2 unspecified atom stereocenters. The van der Waals surface area contributed by atoms with E-state index in [1.165, 1.54) is 12.1 Å². The van der Waals surface area contributed by atoms with E-state index in [1.54, 1.807) is 12.1 Å². The van der Waals surface area contributed by atoms with Gasteiger partial charge in [0, 0.05) is 12.1 Å². The lowest BCUT2D eigenvalue weighted by Gasteiger charge is -2.45. The van der Waals surface area contributed by atoms with E-state index in [4.69, 9.17) is 4.74 Å². The van der Waals surface area contributed by atoms with E-state index in [9.17, 15) is 9.50 Å². The van der Waals surface area contributed by atoms with Crippen LogP contribution in [0.15, 0.2) is 24.3 Å². The molecule has 0 aromatic heterocycles. The molecule has 1 aromatic carbocycles. The summed E-state index contributed by atoms with van der Waals surface area (Å²) in [4.78, 5) is 0. The summed E-state index contributed by atoms with van der Waals surface area (Å²) < 4.78 is 18.3. The molecule has 2 atom stereocenters. The van der Waals surface area contributed by atoms with Crippen molar-refractivity contribution in [3.63, 3.8) is 0 Å². The monoisotopic (exact) mass is 237 g/mol. The summed E-state index contributed by atoms with van der Waals surface area (Å²) in [6, 6.07) is 6.55. The van der Waals surface area contributed by atoms with Gasteiger partial charge < -0.3 is 15.2 Å². The van der Waals surface area contributed by atoms with E-state index < -0.39 is 5.60 Å². The van der Waals surface area contributed by atoms with Gasteiger partial charge in [-0.25, -0.2) is 4.39 Å². The fourth-order valence-corrected chi connectivity index (χ4v) is 2.91. The molecule has 3 nitrogen and oxygen atoms in total. The van der Waals surface area contributed by atoms with Gasteiger partial charge in [-0.1, -0.05) is 12.1 Å². The van der Waals surface area contributed by atoms with Gasteiger partial charge in [-0.05, 0) is 30.5 Å². The van der Waals surface area contributed by atoms with Crippen LogP contribution in [0.4, 0.5) is 4.39 Å². The van der Waals surface area contributed by atoms with Gasteiger partial charge in [-0.3, -0.25) is 0 Å². The number of piperidine rings is 1. The molecule has 2 aliphatic heterocycles. The quantitative estimate of drug-likeness (QED) is 0.770. The zero-order valence-electron chi connectivity index (χ0n) is 9.53. The van der Waals surface area contributed by atoms with Crippen molar-refractivity contribution in [2.45, 2.75) is 30.5 Å². The molecule has 17 heavy (non-hydrogen) atoms. The summed E-state index contributed by atoms with van der Waals surface area (Å²) >= 11 is 0. The highest BCUT2D eigenvalue weighted by Gasteiger charge is 2.42. The van der Waals surface area contributed by atoms with Gasteiger partial charge in [0.2, 0.25) is 0 Å². The van der Waals surface area contributed by atoms with Gasteiger partial charge in [0.15, 0.2) is 0 Å². The van der Waals surface area contributed by atoms with E-state index >= 15 is 0 Å². The minimum absolute atomic E-state index is 0.192. The zero-order chi connectivity index (χ0) is 11.9. The molecule has 2 saturated heterocycles. The van der Waals surface area contributed by atoms with E-state index in [1.807, 2.05) is 0 Å². The van der Waals surface area contributed by atoms with Gasteiger partial charge in [0.25, 0.3) is 0 Å². The summed E-state index contributed by atoms with van der Waals surface area (Å²) in [7, 11) is 0. The molecule has 0 amide bonds. The van der Waals surface area contributed by atoms with Crippen LogP contribution in [-0.4, -0.2) is 30.4 Å². The van der Waals surface area contributed by atoms with E-state index in [0.717, 1.165) is 5.56 Å². The van der Waals surface area contributed by atoms with Crippen molar-refractivity contribution in [3.8, 4) is 0 Å². The van der Waals surface area contributed by atoms with Crippen molar-refractivity contribution in [1.29, 1.82) is 0 Å². The Morgan fingerprint density at radius 1 is 1.18 bits per heavy atom. The fourth-order valence-electron chi connectivity index (χ4n) is 2.91. The van der Waals surface area contributed by atoms with E-state index in [-0.39, 0.29) is 17.9 Å². The van der Waals surface area contributed by atoms with Crippen molar-refractivity contribution in [3.05, 3.63) is 35.6 Å². The molecule has 0 aliphatic carbocycles. The smallest absolute Gasteiger partial charge is 0.123 e. The second-order valence-corrected chi connectivity index (χ2v) is 5.04. The number of aliphatic hydroxyl groups is 1. The molecule has 2 heterocycles. The Morgan fingerprint density at radius 2 is 1.76 bits per heavy atom. The van der Waals surface area contributed by atoms with Crippen molar-refractivity contribution >= 4 is 0 Å². The number of halogens is 1. The molecule has 0 saturated carbocycles. The van der Waals surface area contributed by atoms with Crippen molar-refractivity contribution in [2.24, 2.45) is 0 Å². The largest absolute Gasteiger partial charge is 0.385 e. The number of hydrogen-bond acceptors (Lipinski definition) is 3. The molecule has 2 bridgehead atoms. The van der Waals surface area contributed by atoms with Crippen LogP contribution in [0.2, 0.25) is 0 Å². The highest BCUT2D eigenvalue weighted by atomic mass is 19.1. The standard InChI is InChI=1S/C13H16FNO2/c14-10-3-1-9(2-4-10)13(16)5-11-7-17-8-12(6-13)15-11/h1-4,11-12,15-16H,5-8H2. The first-order valence-electron chi connectivity index (χ1n) is 5.98. The molecule has 2 aliphatic rings. The normalized spacial score (nSPS) is 36.8. The molecule has 2 N–H and O–H groups in total. The lowest BCUT2D eigenvalue weighted by molar-refractivity contribution is -0.0802. The van der Waals surface area contributed by atoms with Gasteiger partial charge in [0.1, 0.15) is 5.82 Å². The van der Waals surface area contributed by atoms with Gasteiger partial charge in [-0.2, -0.15) is 0 Å². The maximum absolute atomic E-state index is 12.9. The first-order valence-corrected chi connectivity index (χ1v) is 5.98. The molecule has 4 heteroatoms. The number of rotatable bonds is 1. The average molecular weight is 237 g/mol. The molecule has 0 spiro atoms. The Morgan fingerprint density at radius 3 is 2.35 bits per heavy atom. The van der Waals surface area contributed by atoms with Gasteiger partial charge in [0.05, 0.1) is 18.8 Å². The Bertz CT molecular complexity index is 394. The zero-order valence-corrected chi connectivity index (χ0v) is 9.53. The lowest BCUT2D eigenvalue weighted by atomic mass is 9.78. The first kappa shape index (κ1) is 11.1. The summed E-state index contributed by atoms with van der Waals surface area (Å²) in [6.45, 7) is 1.28. The highest BCUT2D eigenvalue weighted by molar-refractivity contribution is 5.25. The molecule has 3 rings (SSSR count). The predicted octanol–water partition coefficient (Wildman–Crippen LogP) is 1.16. The number of morpholine rings is 1. The SMILES string of the molecule is OC1(c2ccc(F)cc2)CC2COCC(C1)N2. The summed E-state index contributed by atoms with van der Waals surface area (Å²) in [6.07, 6.45) is 1.24. The van der Waals surface area contributed by atoms with Crippen LogP contribution >= 0.6 is 0 Å². The third kappa shape index (κ3) is 2.08. The third-order valence-electron chi connectivity index (χ3n) is 3.66. The summed E-state index contributed by atoms with van der Waals surface area (Å²) in [5.41, 5.74) is -0.0461. The predicted molar refractivity (Wildman–Crippen MR) is 61.1 cm³/mol. The van der Waals surface area contributed by atoms with Crippen LogP contribution in [0, 0.1) is 5.82 Å². The van der Waals surface area contributed by atoms with Crippen LogP contribution in [0.25, 0.3) is 0 Å². The summed E-state index contributed by atoms with van der Waals surface area (Å²) in [5.74, 6) is -0.269. The maximum atomic E-state index is 12.9. The molecular formula is C13H16FNO2. The number of fused-ring (bicyclic) bond motifs is 2. The number of hydrogen-bond donors (Lipinski definition) is 2. The lowest BCUT2D eigenvalue weighted by Crippen LogP contribution is -2.58. The number of ether oxygens (including phenoxy) is 1. The molecule has 0 radical (unpaired) electrons. The Hall–Kier alpha value is -0.970. The number of nitrogens with one attached hydrogen (secondary N) is 1. The van der Waals surface area contributed by atoms with Crippen molar-refractivity contribution < 1.29 is 14.2 Å². The van der Waals surface area contributed by atoms with Crippen LogP contribution in [-0.2, 0) is 10.3 Å². The topological polar surface area (TPSA) is 41.5 Å². The van der Waals surface area contributed by atoms with Crippen molar-refractivity contribution in [2.75, 3.05) is 13.2 Å².